The Morgan fingerprint density at radius 3 is 2.38 bits per heavy atom. The molecule has 2 amide bonds. The first-order valence-corrected chi connectivity index (χ1v) is 13.6. The van der Waals surface area contributed by atoms with E-state index in [1.807, 2.05) is 6.07 Å². The lowest BCUT2D eigenvalue weighted by atomic mass is 9.60. The molecule has 42 heavy (non-hydrogen) atoms. The number of hydrogen-bond acceptors (Lipinski definition) is 9. The number of phenols is 1. The molecule has 2 aromatic rings. The van der Waals surface area contributed by atoms with Gasteiger partial charge in [0.2, 0.25) is 5.91 Å². The number of likely N-dealkylation sites (N-methyl/N-ethyl adjacent to an activating group) is 2. The van der Waals surface area contributed by atoms with Crippen LogP contribution in [0.3, 0.4) is 0 Å². The minimum absolute atomic E-state index is 0.0250. The van der Waals surface area contributed by atoms with Crippen molar-refractivity contribution < 1.29 is 34.5 Å². The third kappa shape index (κ3) is 4.74. The van der Waals surface area contributed by atoms with Gasteiger partial charge in [0.1, 0.15) is 22.8 Å². The van der Waals surface area contributed by atoms with Crippen molar-refractivity contribution in [3.8, 4) is 16.9 Å². The number of carbonyl (C=O) groups excluding carboxylic acids is 4. The molecule has 0 heterocycles. The van der Waals surface area contributed by atoms with Gasteiger partial charge < -0.3 is 31.3 Å². The van der Waals surface area contributed by atoms with Crippen molar-refractivity contribution in [1.29, 1.82) is 0 Å². The predicted octanol–water partition coefficient (Wildman–Crippen LogP) is 2.17. The fraction of sp³-hybridized carbons (Fsp3) is 0.355. The normalized spacial score (nSPS) is 23.6. The molecule has 0 aromatic heterocycles. The van der Waals surface area contributed by atoms with Crippen LogP contribution in [0.2, 0.25) is 0 Å². The molecule has 0 fully saturated rings. The SMILES string of the molecule is CN(C)CC(=O)Nc1cccc(-c2ccc(O)c3c2C[C@H]2C[C@@H]4C(C(=O)C(C(N)=O)=C(O)[C@H]4N(C)C)C(O)=C2C3=O)c1. The quantitative estimate of drug-likeness (QED) is 0.324. The molecule has 5 rings (SSSR count). The second kappa shape index (κ2) is 10.7. The number of phenolic OH excluding ortho intramolecular Hbond substituents is 1. The largest absolute Gasteiger partial charge is 0.511 e. The third-order valence-electron chi connectivity index (χ3n) is 8.37. The van der Waals surface area contributed by atoms with E-state index < -0.39 is 58.4 Å². The van der Waals surface area contributed by atoms with Crippen LogP contribution in [0.4, 0.5) is 5.69 Å². The van der Waals surface area contributed by atoms with Crippen LogP contribution in [-0.2, 0) is 20.8 Å². The number of aromatic hydroxyl groups is 1. The zero-order chi connectivity index (χ0) is 30.6. The van der Waals surface area contributed by atoms with Gasteiger partial charge in [-0.05, 0) is 87.8 Å². The number of amides is 2. The molecule has 2 aromatic carbocycles. The number of primary amides is 1. The molecule has 0 saturated heterocycles. The highest BCUT2D eigenvalue weighted by Gasteiger charge is 2.54. The Bertz CT molecular complexity index is 1590. The highest BCUT2D eigenvalue weighted by Crippen LogP contribution is 2.51. The van der Waals surface area contributed by atoms with Gasteiger partial charge in [-0.15, -0.1) is 0 Å². The van der Waals surface area contributed by atoms with Crippen molar-refractivity contribution in [3.05, 3.63) is 70.2 Å². The van der Waals surface area contributed by atoms with Gasteiger partial charge >= 0.3 is 0 Å². The zero-order valence-electron chi connectivity index (χ0n) is 23.8. The van der Waals surface area contributed by atoms with Crippen LogP contribution in [-0.4, -0.2) is 89.3 Å². The Morgan fingerprint density at radius 2 is 1.74 bits per heavy atom. The maximum absolute atomic E-state index is 13.9. The maximum atomic E-state index is 13.9. The van der Waals surface area contributed by atoms with E-state index in [9.17, 15) is 34.5 Å². The van der Waals surface area contributed by atoms with E-state index in [2.05, 4.69) is 5.32 Å². The fourth-order valence-corrected chi connectivity index (χ4v) is 6.79. The van der Waals surface area contributed by atoms with E-state index >= 15 is 0 Å². The van der Waals surface area contributed by atoms with Crippen LogP contribution in [0.15, 0.2) is 59.1 Å². The minimum Gasteiger partial charge on any atom is -0.511 e. The van der Waals surface area contributed by atoms with Crippen molar-refractivity contribution in [2.24, 2.45) is 23.5 Å². The van der Waals surface area contributed by atoms with E-state index in [0.717, 1.165) is 5.56 Å². The summed E-state index contributed by atoms with van der Waals surface area (Å²) < 4.78 is 0. The smallest absolute Gasteiger partial charge is 0.255 e. The summed E-state index contributed by atoms with van der Waals surface area (Å²) in [5.41, 5.74) is 7.47. The molecule has 1 unspecified atom stereocenters. The molecular formula is C31H34N4O7. The number of aliphatic hydroxyl groups is 2. The van der Waals surface area contributed by atoms with Gasteiger partial charge in [0.15, 0.2) is 11.6 Å². The van der Waals surface area contributed by atoms with Crippen LogP contribution >= 0.6 is 0 Å². The van der Waals surface area contributed by atoms with E-state index in [0.29, 0.717) is 16.8 Å². The second-order valence-corrected chi connectivity index (χ2v) is 11.7. The Balaban J connectivity index is 1.59. The second-order valence-electron chi connectivity index (χ2n) is 11.7. The highest BCUT2D eigenvalue weighted by atomic mass is 16.3. The number of Topliss-reactive ketones (excluding diaryl/α,β-unsaturated/α-hetero) is 2. The molecule has 0 radical (unpaired) electrons. The number of aliphatic hydroxyl groups excluding tert-OH is 2. The van der Waals surface area contributed by atoms with Gasteiger partial charge in [0.25, 0.3) is 5.91 Å². The number of allylic oxidation sites excluding steroid dienone is 2. The average molecular weight is 575 g/mol. The maximum Gasteiger partial charge on any atom is 0.255 e. The summed E-state index contributed by atoms with van der Waals surface area (Å²) in [5, 5.41) is 36.1. The Hall–Kier alpha value is -4.48. The molecule has 4 atom stereocenters. The predicted molar refractivity (Wildman–Crippen MR) is 155 cm³/mol. The monoisotopic (exact) mass is 574 g/mol. The molecule has 0 saturated carbocycles. The number of rotatable bonds is 6. The third-order valence-corrected chi connectivity index (χ3v) is 8.37. The lowest BCUT2D eigenvalue weighted by molar-refractivity contribution is -0.127. The molecule has 3 aliphatic rings. The Kier molecular flexibility index (Phi) is 7.42. The number of nitrogens with two attached hydrogens (primary N) is 1. The van der Waals surface area contributed by atoms with Crippen molar-refractivity contribution in [3.63, 3.8) is 0 Å². The topological polar surface area (TPSA) is 174 Å². The van der Waals surface area contributed by atoms with E-state index in [4.69, 9.17) is 5.73 Å². The van der Waals surface area contributed by atoms with Gasteiger partial charge in [-0.1, -0.05) is 18.2 Å². The summed E-state index contributed by atoms with van der Waals surface area (Å²) in [6.45, 7) is 0.206. The van der Waals surface area contributed by atoms with Crippen molar-refractivity contribution in [1.82, 2.24) is 9.80 Å². The first-order valence-electron chi connectivity index (χ1n) is 13.6. The summed E-state index contributed by atoms with van der Waals surface area (Å²) in [6, 6.07) is 9.51. The van der Waals surface area contributed by atoms with Crippen LogP contribution < -0.4 is 11.1 Å². The lowest BCUT2D eigenvalue weighted by Gasteiger charge is -2.46. The molecule has 0 bridgehead atoms. The molecule has 0 aliphatic heterocycles. The zero-order valence-corrected chi connectivity index (χ0v) is 23.8. The first kappa shape index (κ1) is 29.0. The first-order chi connectivity index (χ1) is 19.8. The van der Waals surface area contributed by atoms with E-state index in [1.54, 1.807) is 62.3 Å². The van der Waals surface area contributed by atoms with Crippen LogP contribution in [0, 0.1) is 17.8 Å². The number of ketones is 2. The summed E-state index contributed by atoms with van der Waals surface area (Å²) >= 11 is 0. The number of nitrogens with zero attached hydrogens (tertiary/aromatic N) is 2. The summed E-state index contributed by atoms with van der Waals surface area (Å²) in [4.78, 5) is 55.2. The molecule has 3 aliphatic carbocycles. The van der Waals surface area contributed by atoms with Crippen molar-refractivity contribution in [2.75, 3.05) is 40.1 Å². The average Bonchev–Trinajstić information content (AvgIpc) is 2.87. The lowest BCUT2D eigenvalue weighted by Crippen LogP contribution is -2.53. The Morgan fingerprint density at radius 1 is 1.02 bits per heavy atom. The number of anilines is 1. The van der Waals surface area contributed by atoms with Crippen LogP contribution in [0.5, 0.6) is 5.75 Å². The molecule has 11 nitrogen and oxygen atoms in total. The fourth-order valence-electron chi connectivity index (χ4n) is 6.79. The Labute approximate surface area is 242 Å². The summed E-state index contributed by atoms with van der Waals surface area (Å²) in [7, 11) is 6.96. The van der Waals surface area contributed by atoms with Gasteiger partial charge in [0.05, 0.1) is 24.1 Å². The number of carbonyl (C=O) groups is 4. The van der Waals surface area contributed by atoms with E-state index in [1.165, 1.54) is 6.07 Å². The molecular weight excluding hydrogens is 540 g/mol. The summed E-state index contributed by atoms with van der Waals surface area (Å²) in [5.74, 6) is -6.25. The van der Waals surface area contributed by atoms with Gasteiger partial charge in [0, 0.05) is 11.3 Å². The minimum atomic E-state index is -1.24. The number of nitrogens with one attached hydrogen (secondary N) is 1. The molecule has 11 heteroatoms. The highest BCUT2D eigenvalue weighted by molar-refractivity contribution is 6.22. The van der Waals surface area contributed by atoms with Gasteiger partial charge in [-0.3, -0.25) is 24.1 Å². The van der Waals surface area contributed by atoms with Crippen molar-refractivity contribution in [2.45, 2.75) is 18.9 Å². The number of benzene rings is 2. The molecule has 220 valence electrons. The van der Waals surface area contributed by atoms with Crippen LogP contribution in [0.1, 0.15) is 22.3 Å². The standard InChI is InChI=1S/C31H34N4O7/c1-34(2)13-21(37)33-16-7-5-6-14(10-16)17-8-9-20(36)23-18(17)11-15-12-19-24(28(39)22(15)27(23)38)29(40)25(31(32)42)30(41)26(19)35(3)4/h5-10,15,19,24,26,36,39,41H,11-13H2,1-4H3,(H2,32,42)(H,33,37)/t15-,19+,24?,26-/m0/s1. The number of fused-ring (bicyclic) bond motifs is 3. The van der Waals surface area contributed by atoms with Gasteiger partial charge in [-0.2, -0.15) is 0 Å². The summed E-state index contributed by atoms with van der Waals surface area (Å²) in [6.07, 6.45) is 0.530. The molecule has 0 spiro atoms. The van der Waals surface area contributed by atoms with E-state index in [-0.39, 0.29) is 42.2 Å². The van der Waals surface area contributed by atoms with Crippen molar-refractivity contribution >= 4 is 29.1 Å². The van der Waals surface area contributed by atoms with Crippen LogP contribution in [0.25, 0.3) is 11.1 Å². The molecule has 6 N–H and O–H groups in total. The van der Waals surface area contributed by atoms with Gasteiger partial charge in [-0.25, -0.2) is 0 Å². The number of hydrogen-bond donors (Lipinski definition) is 5.